The molecule has 1 aliphatic carbocycles. The van der Waals surface area contributed by atoms with Gasteiger partial charge in [-0.25, -0.2) is 4.79 Å². The van der Waals surface area contributed by atoms with Gasteiger partial charge in [0.1, 0.15) is 0 Å². The molecule has 3 heteroatoms. The lowest BCUT2D eigenvalue weighted by atomic mass is 9.86. The number of fused-ring (bicyclic) bond motifs is 1. The van der Waals surface area contributed by atoms with Crippen molar-refractivity contribution >= 4 is 5.97 Å². The van der Waals surface area contributed by atoms with E-state index in [4.69, 9.17) is 4.84 Å². The summed E-state index contributed by atoms with van der Waals surface area (Å²) in [4.78, 5) is 18.5. The topological polar surface area (TPSA) is 31.2 Å². The van der Waals surface area contributed by atoms with Gasteiger partial charge in [-0.3, -0.25) is 0 Å². The van der Waals surface area contributed by atoms with E-state index < -0.39 is 0 Å². The summed E-state index contributed by atoms with van der Waals surface area (Å²) in [5, 5.41) is 0. The maximum absolute atomic E-state index is 12.7. The molecular weight excluding hydrogens is 322 g/mol. The second-order valence-corrected chi connectivity index (χ2v) is 6.92. The van der Waals surface area contributed by atoms with E-state index >= 15 is 0 Å². The van der Waals surface area contributed by atoms with Crippen LogP contribution in [0.2, 0.25) is 0 Å². The minimum atomic E-state index is -0.321. The van der Waals surface area contributed by atoms with E-state index in [9.17, 15) is 4.79 Å². The molecule has 0 radical (unpaired) electrons. The van der Waals surface area contributed by atoms with E-state index in [0.29, 0.717) is 11.5 Å². The Morgan fingerprint density at radius 3 is 2.46 bits per heavy atom. The molecule has 0 aliphatic heterocycles. The third kappa shape index (κ3) is 3.17. The molecule has 0 N–H and O–H groups in total. The van der Waals surface area contributed by atoms with Crippen molar-refractivity contribution in [1.82, 2.24) is 4.73 Å². The van der Waals surface area contributed by atoms with Gasteiger partial charge in [0.25, 0.3) is 0 Å². The average molecular weight is 345 g/mol. The highest BCUT2D eigenvalue weighted by atomic mass is 16.7. The Bertz CT molecular complexity index is 897. The molecule has 1 aliphatic rings. The van der Waals surface area contributed by atoms with Crippen LogP contribution in [0.25, 0.3) is 11.3 Å². The molecule has 4 rings (SSSR count). The van der Waals surface area contributed by atoms with Crippen LogP contribution in [0.15, 0.2) is 66.7 Å². The fourth-order valence-corrected chi connectivity index (χ4v) is 3.75. The van der Waals surface area contributed by atoms with Crippen LogP contribution in [0.4, 0.5) is 0 Å². The van der Waals surface area contributed by atoms with E-state index in [1.165, 1.54) is 12.0 Å². The standard InChI is InChI=1S/C23H23NO2/c1-2-17-13-14-21-20(15-17)16-22(18-9-5-3-6-10-18)24(21)26-23(25)19-11-7-4-8-12-19/h3-12,16-17H,2,13-15H2,1H3. The molecule has 1 atom stereocenters. The molecule has 0 fully saturated rings. The molecule has 1 heterocycles. The van der Waals surface area contributed by atoms with Crippen molar-refractivity contribution in [2.75, 3.05) is 0 Å². The molecule has 1 aromatic heterocycles. The molecule has 0 saturated carbocycles. The lowest BCUT2D eigenvalue weighted by Crippen LogP contribution is -2.24. The summed E-state index contributed by atoms with van der Waals surface area (Å²) in [6.45, 7) is 2.25. The minimum absolute atomic E-state index is 0.321. The third-order valence-corrected chi connectivity index (χ3v) is 5.27. The smallest absolute Gasteiger partial charge is 0.331 e. The van der Waals surface area contributed by atoms with E-state index in [1.54, 1.807) is 16.9 Å². The zero-order valence-corrected chi connectivity index (χ0v) is 15.0. The van der Waals surface area contributed by atoms with Crippen molar-refractivity contribution in [3.63, 3.8) is 0 Å². The maximum Gasteiger partial charge on any atom is 0.363 e. The molecule has 2 aromatic carbocycles. The van der Waals surface area contributed by atoms with Gasteiger partial charge in [-0.2, -0.15) is 4.73 Å². The molecule has 0 amide bonds. The van der Waals surface area contributed by atoms with Crippen molar-refractivity contribution in [3.05, 3.63) is 83.6 Å². The number of carbonyl (C=O) groups is 1. The van der Waals surface area contributed by atoms with Crippen molar-refractivity contribution in [3.8, 4) is 11.3 Å². The molecule has 132 valence electrons. The first-order chi connectivity index (χ1) is 12.8. The Hall–Kier alpha value is -2.81. The Balaban J connectivity index is 1.74. The quantitative estimate of drug-likeness (QED) is 0.671. The highest BCUT2D eigenvalue weighted by molar-refractivity contribution is 5.89. The lowest BCUT2D eigenvalue weighted by Gasteiger charge is -2.22. The first-order valence-electron chi connectivity index (χ1n) is 9.33. The molecule has 0 saturated heterocycles. The van der Waals surface area contributed by atoms with Gasteiger partial charge < -0.3 is 4.84 Å². The van der Waals surface area contributed by atoms with Gasteiger partial charge in [0, 0.05) is 5.56 Å². The van der Waals surface area contributed by atoms with Crippen LogP contribution in [0.5, 0.6) is 0 Å². The van der Waals surface area contributed by atoms with Crippen molar-refractivity contribution < 1.29 is 9.63 Å². The van der Waals surface area contributed by atoms with E-state index in [1.807, 2.05) is 36.4 Å². The summed E-state index contributed by atoms with van der Waals surface area (Å²) in [5.74, 6) is 0.394. The van der Waals surface area contributed by atoms with Crippen LogP contribution in [-0.2, 0) is 12.8 Å². The Kier molecular flexibility index (Phi) is 4.61. The van der Waals surface area contributed by atoms with Crippen LogP contribution in [0.3, 0.4) is 0 Å². The van der Waals surface area contributed by atoms with Gasteiger partial charge >= 0.3 is 5.97 Å². The number of nitrogens with zero attached hydrogens (tertiary/aromatic N) is 1. The predicted molar refractivity (Wildman–Crippen MR) is 103 cm³/mol. The number of hydrogen-bond acceptors (Lipinski definition) is 2. The Labute approximate surface area is 154 Å². The number of rotatable bonds is 4. The summed E-state index contributed by atoms with van der Waals surface area (Å²) >= 11 is 0. The van der Waals surface area contributed by atoms with Crippen LogP contribution in [0.1, 0.15) is 41.4 Å². The Morgan fingerprint density at radius 2 is 1.77 bits per heavy atom. The fraction of sp³-hybridized carbons (Fsp3) is 0.261. The van der Waals surface area contributed by atoms with Gasteiger partial charge in [0.2, 0.25) is 0 Å². The zero-order chi connectivity index (χ0) is 17.9. The number of benzene rings is 2. The number of aromatic nitrogens is 1. The van der Waals surface area contributed by atoms with Gasteiger partial charge in [-0.15, -0.1) is 0 Å². The van der Waals surface area contributed by atoms with Crippen molar-refractivity contribution in [2.45, 2.75) is 32.6 Å². The number of carbonyl (C=O) groups excluding carboxylic acids is 1. The molecule has 3 nitrogen and oxygen atoms in total. The van der Waals surface area contributed by atoms with Gasteiger partial charge in [0.05, 0.1) is 17.0 Å². The second-order valence-electron chi connectivity index (χ2n) is 6.92. The average Bonchev–Trinajstić information content (AvgIpc) is 3.06. The summed E-state index contributed by atoms with van der Waals surface area (Å²) in [7, 11) is 0. The molecule has 3 aromatic rings. The normalized spacial score (nSPS) is 16.1. The summed E-state index contributed by atoms with van der Waals surface area (Å²) in [6.07, 6.45) is 4.34. The van der Waals surface area contributed by atoms with E-state index in [0.717, 1.165) is 36.2 Å². The summed E-state index contributed by atoms with van der Waals surface area (Å²) < 4.78 is 1.77. The predicted octanol–water partition coefficient (Wildman–Crippen LogP) is 4.94. The molecule has 26 heavy (non-hydrogen) atoms. The largest absolute Gasteiger partial charge is 0.363 e. The van der Waals surface area contributed by atoms with Crippen LogP contribution in [0, 0.1) is 5.92 Å². The maximum atomic E-state index is 12.7. The molecule has 0 spiro atoms. The molecule has 0 bridgehead atoms. The minimum Gasteiger partial charge on any atom is -0.331 e. The highest BCUT2D eigenvalue weighted by Crippen LogP contribution is 2.33. The SMILES string of the molecule is CCC1CCc2c(cc(-c3ccccc3)n2OC(=O)c2ccccc2)C1. The zero-order valence-electron chi connectivity index (χ0n) is 15.0. The Morgan fingerprint density at radius 1 is 1.08 bits per heavy atom. The van der Waals surface area contributed by atoms with E-state index in [-0.39, 0.29) is 5.97 Å². The fourth-order valence-electron chi connectivity index (χ4n) is 3.75. The monoisotopic (exact) mass is 345 g/mol. The second kappa shape index (κ2) is 7.20. The third-order valence-electron chi connectivity index (χ3n) is 5.27. The van der Waals surface area contributed by atoms with Gasteiger partial charge in [-0.05, 0) is 48.9 Å². The van der Waals surface area contributed by atoms with Gasteiger partial charge in [0.15, 0.2) is 0 Å². The van der Waals surface area contributed by atoms with Crippen molar-refractivity contribution in [2.24, 2.45) is 5.92 Å². The van der Waals surface area contributed by atoms with E-state index in [2.05, 4.69) is 25.1 Å². The first-order valence-corrected chi connectivity index (χ1v) is 9.33. The summed E-state index contributed by atoms with van der Waals surface area (Å²) in [5.41, 5.74) is 5.03. The lowest BCUT2D eigenvalue weighted by molar-refractivity contribution is 0.0454. The van der Waals surface area contributed by atoms with Crippen LogP contribution < -0.4 is 4.84 Å². The number of hydrogen-bond donors (Lipinski definition) is 0. The highest BCUT2D eigenvalue weighted by Gasteiger charge is 2.26. The summed E-state index contributed by atoms with van der Waals surface area (Å²) in [6, 6.07) is 21.5. The van der Waals surface area contributed by atoms with Gasteiger partial charge in [-0.1, -0.05) is 61.9 Å². The van der Waals surface area contributed by atoms with Crippen LogP contribution in [-0.4, -0.2) is 10.7 Å². The first kappa shape index (κ1) is 16.6. The van der Waals surface area contributed by atoms with Crippen molar-refractivity contribution in [1.29, 1.82) is 0 Å². The molecule has 1 unspecified atom stereocenters. The molecular formula is C23H23NO2. The van der Waals surface area contributed by atoms with Crippen LogP contribution >= 0.6 is 0 Å².